The molecule has 0 radical (unpaired) electrons. The molecule has 0 heterocycles. The Morgan fingerprint density at radius 2 is 1.78 bits per heavy atom. The summed E-state index contributed by atoms with van der Waals surface area (Å²) in [6.45, 7) is -3.47. The van der Waals surface area contributed by atoms with Crippen molar-refractivity contribution in [2.75, 3.05) is 0 Å². The number of sulfonamides is 1. The van der Waals surface area contributed by atoms with Gasteiger partial charge < -0.3 is 4.74 Å². The number of hydrogen-bond donors (Lipinski definition) is 1. The van der Waals surface area contributed by atoms with Crippen LogP contribution < -0.4 is 9.46 Å². The molecule has 0 amide bonds. The van der Waals surface area contributed by atoms with Gasteiger partial charge in [0.2, 0.25) is 10.0 Å². The number of halogens is 4. The monoisotopic (exact) mass is 349 g/mol. The summed E-state index contributed by atoms with van der Waals surface area (Å²) in [5.74, 6) is -2.38. The minimum atomic E-state index is -4.29. The molecular weight excluding hydrogens is 338 g/mol. The van der Waals surface area contributed by atoms with Gasteiger partial charge in [-0.05, 0) is 18.2 Å². The second-order valence-electron chi connectivity index (χ2n) is 4.39. The predicted molar refractivity (Wildman–Crippen MR) is 73.5 cm³/mol. The van der Waals surface area contributed by atoms with Gasteiger partial charge in [0.25, 0.3) is 0 Å². The van der Waals surface area contributed by atoms with Crippen LogP contribution in [0.4, 0.5) is 17.6 Å². The smallest absolute Gasteiger partial charge is 0.387 e. The van der Waals surface area contributed by atoms with E-state index in [-0.39, 0.29) is 11.3 Å². The van der Waals surface area contributed by atoms with Crippen molar-refractivity contribution in [3.63, 3.8) is 0 Å². The quantitative estimate of drug-likeness (QED) is 0.816. The van der Waals surface area contributed by atoms with Crippen molar-refractivity contribution < 1.29 is 30.7 Å². The zero-order valence-electron chi connectivity index (χ0n) is 11.5. The Balaban J connectivity index is 2.20. The average molecular weight is 349 g/mol. The lowest BCUT2D eigenvalue weighted by molar-refractivity contribution is -0.0504. The summed E-state index contributed by atoms with van der Waals surface area (Å²) in [5, 5.41) is 0. The van der Waals surface area contributed by atoms with Crippen molar-refractivity contribution >= 4 is 10.0 Å². The molecule has 0 aliphatic rings. The Morgan fingerprint density at radius 3 is 2.43 bits per heavy atom. The van der Waals surface area contributed by atoms with Crippen LogP contribution in [0.3, 0.4) is 0 Å². The molecule has 0 aliphatic carbocycles. The second-order valence-corrected chi connectivity index (χ2v) is 6.12. The first-order chi connectivity index (χ1) is 10.8. The molecule has 4 nitrogen and oxygen atoms in total. The predicted octanol–water partition coefficient (Wildman–Crippen LogP) is 3.04. The molecule has 0 unspecified atom stereocenters. The first kappa shape index (κ1) is 17.2. The first-order valence-corrected chi connectivity index (χ1v) is 7.75. The SMILES string of the molecule is O=S(=O)(NCc1ccccc1OC(F)F)c1ccc(F)cc1F. The van der Waals surface area contributed by atoms with E-state index in [9.17, 15) is 26.0 Å². The second kappa shape index (κ2) is 6.97. The van der Waals surface area contributed by atoms with E-state index in [1.165, 1.54) is 24.3 Å². The van der Waals surface area contributed by atoms with E-state index in [4.69, 9.17) is 0 Å². The summed E-state index contributed by atoms with van der Waals surface area (Å²) in [6, 6.07) is 7.56. The molecule has 124 valence electrons. The summed E-state index contributed by atoms with van der Waals surface area (Å²) in [4.78, 5) is -0.744. The Kier molecular flexibility index (Phi) is 5.22. The van der Waals surface area contributed by atoms with Gasteiger partial charge in [-0.15, -0.1) is 0 Å². The normalized spacial score (nSPS) is 11.7. The van der Waals surface area contributed by atoms with Crippen LogP contribution in [0.25, 0.3) is 0 Å². The lowest BCUT2D eigenvalue weighted by Gasteiger charge is -2.12. The van der Waals surface area contributed by atoms with E-state index in [0.717, 1.165) is 12.1 Å². The highest BCUT2D eigenvalue weighted by Gasteiger charge is 2.20. The number of rotatable bonds is 6. The van der Waals surface area contributed by atoms with E-state index < -0.39 is 39.7 Å². The van der Waals surface area contributed by atoms with Gasteiger partial charge in [-0.3, -0.25) is 0 Å². The highest BCUT2D eigenvalue weighted by molar-refractivity contribution is 7.89. The van der Waals surface area contributed by atoms with E-state index in [1.54, 1.807) is 0 Å². The van der Waals surface area contributed by atoms with Crippen LogP contribution in [0.15, 0.2) is 47.4 Å². The van der Waals surface area contributed by atoms with Gasteiger partial charge in [-0.1, -0.05) is 18.2 Å². The molecule has 0 aliphatic heterocycles. The largest absolute Gasteiger partial charge is 0.434 e. The minimum Gasteiger partial charge on any atom is -0.434 e. The number of hydrogen-bond acceptors (Lipinski definition) is 3. The van der Waals surface area contributed by atoms with Crippen molar-refractivity contribution in [3.05, 3.63) is 59.7 Å². The lowest BCUT2D eigenvalue weighted by atomic mass is 10.2. The van der Waals surface area contributed by atoms with Gasteiger partial charge in [0.15, 0.2) is 0 Å². The molecule has 9 heteroatoms. The van der Waals surface area contributed by atoms with Crippen LogP contribution in [0.1, 0.15) is 5.56 Å². The summed E-state index contributed by atoms with van der Waals surface area (Å²) < 4.78 is 81.3. The third-order valence-corrected chi connectivity index (χ3v) is 4.26. The molecule has 23 heavy (non-hydrogen) atoms. The van der Waals surface area contributed by atoms with Crippen molar-refractivity contribution in [1.82, 2.24) is 4.72 Å². The van der Waals surface area contributed by atoms with Crippen molar-refractivity contribution in [2.24, 2.45) is 0 Å². The fourth-order valence-corrected chi connectivity index (χ4v) is 2.87. The highest BCUT2D eigenvalue weighted by Crippen LogP contribution is 2.21. The highest BCUT2D eigenvalue weighted by atomic mass is 32.2. The maximum atomic E-state index is 13.5. The van der Waals surface area contributed by atoms with Gasteiger partial charge in [0.05, 0.1) is 0 Å². The van der Waals surface area contributed by atoms with Crippen LogP contribution >= 0.6 is 0 Å². The van der Waals surface area contributed by atoms with Crippen LogP contribution in [0.2, 0.25) is 0 Å². The van der Waals surface area contributed by atoms with Gasteiger partial charge >= 0.3 is 6.61 Å². The third kappa shape index (κ3) is 4.42. The van der Waals surface area contributed by atoms with E-state index in [2.05, 4.69) is 9.46 Å². The van der Waals surface area contributed by atoms with Crippen LogP contribution in [-0.2, 0) is 16.6 Å². The Labute approximate surface area is 129 Å². The number of nitrogens with one attached hydrogen (secondary N) is 1. The molecule has 0 bridgehead atoms. The van der Waals surface area contributed by atoms with Crippen LogP contribution in [0.5, 0.6) is 5.75 Å². The van der Waals surface area contributed by atoms with Crippen molar-refractivity contribution in [1.29, 1.82) is 0 Å². The first-order valence-electron chi connectivity index (χ1n) is 6.27. The standard InChI is InChI=1S/C14H11F4NO3S/c15-10-5-6-13(11(16)7-10)23(20,21)19-8-9-3-1-2-4-12(9)22-14(17)18/h1-7,14,19H,8H2. The average Bonchev–Trinajstić information content (AvgIpc) is 2.45. The molecule has 0 saturated heterocycles. The molecule has 0 fully saturated rings. The van der Waals surface area contributed by atoms with Gasteiger partial charge in [-0.25, -0.2) is 21.9 Å². The van der Waals surface area contributed by atoms with E-state index in [1.807, 2.05) is 0 Å². The van der Waals surface area contributed by atoms with Gasteiger partial charge in [0, 0.05) is 18.2 Å². The summed E-state index contributed by atoms with van der Waals surface area (Å²) in [6.07, 6.45) is 0. The molecule has 0 saturated carbocycles. The Hall–Kier alpha value is -2.13. The maximum absolute atomic E-state index is 13.5. The Morgan fingerprint density at radius 1 is 1.09 bits per heavy atom. The van der Waals surface area contributed by atoms with E-state index >= 15 is 0 Å². The van der Waals surface area contributed by atoms with Gasteiger partial charge in [-0.2, -0.15) is 8.78 Å². The Bertz CT molecular complexity index is 796. The summed E-state index contributed by atoms with van der Waals surface area (Å²) in [7, 11) is -4.29. The zero-order valence-corrected chi connectivity index (χ0v) is 12.3. The number of para-hydroxylation sites is 1. The van der Waals surface area contributed by atoms with E-state index in [0.29, 0.717) is 6.07 Å². The van der Waals surface area contributed by atoms with Crippen molar-refractivity contribution in [3.8, 4) is 5.75 Å². The fraction of sp³-hybridized carbons (Fsp3) is 0.143. The number of alkyl halides is 2. The number of benzene rings is 2. The molecular formula is C14H11F4NO3S. The third-order valence-electron chi connectivity index (χ3n) is 2.82. The topological polar surface area (TPSA) is 55.4 Å². The summed E-state index contributed by atoms with van der Waals surface area (Å²) >= 11 is 0. The van der Waals surface area contributed by atoms with Crippen LogP contribution in [-0.4, -0.2) is 15.0 Å². The molecule has 0 spiro atoms. The minimum absolute atomic E-state index is 0.138. The lowest BCUT2D eigenvalue weighted by Crippen LogP contribution is -2.24. The van der Waals surface area contributed by atoms with Crippen LogP contribution in [0, 0.1) is 11.6 Å². The fourth-order valence-electron chi connectivity index (χ4n) is 1.80. The summed E-state index contributed by atoms with van der Waals surface area (Å²) in [5.41, 5.74) is 0.138. The molecule has 2 aromatic rings. The molecule has 0 atom stereocenters. The molecule has 2 aromatic carbocycles. The molecule has 1 N–H and O–H groups in total. The van der Waals surface area contributed by atoms with Gasteiger partial charge in [0.1, 0.15) is 22.3 Å². The maximum Gasteiger partial charge on any atom is 0.387 e. The zero-order chi connectivity index (χ0) is 17.0. The molecule has 2 rings (SSSR count). The molecule has 0 aromatic heterocycles. The number of ether oxygens (including phenoxy) is 1. The van der Waals surface area contributed by atoms with Crippen molar-refractivity contribution in [2.45, 2.75) is 18.1 Å².